The smallest absolute Gasteiger partial charge is 0.489 e. The Labute approximate surface area is 159 Å². The lowest BCUT2D eigenvalue weighted by Gasteiger charge is -2.14. The average molecular weight is 401 g/mol. The highest BCUT2D eigenvalue weighted by Gasteiger charge is 2.31. The Hall–Kier alpha value is -2.81. The number of hydrogen-bond acceptors (Lipinski definition) is 4. The standard InChI is InChI=1S/C19H19F4NO4/c1-26-10-11-27-17-8-7-14(20)12-15(17)24-18(25)9-6-13-4-2-3-5-16(13)28-19(21,22)23/h2-5,7-8,12H,6,9-11H2,1H3,(H,24,25). The maximum absolute atomic E-state index is 13.5. The van der Waals surface area contributed by atoms with E-state index in [0.717, 1.165) is 6.07 Å². The maximum Gasteiger partial charge on any atom is 0.573 e. The van der Waals surface area contributed by atoms with Gasteiger partial charge >= 0.3 is 6.36 Å². The van der Waals surface area contributed by atoms with Crippen molar-refractivity contribution in [1.29, 1.82) is 0 Å². The minimum Gasteiger partial charge on any atom is -0.489 e. The number of hydrogen-bond donors (Lipinski definition) is 1. The van der Waals surface area contributed by atoms with Crippen LogP contribution in [0, 0.1) is 5.82 Å². The van der Waals surface area contributed by atoms with Crippen LogP contribution in [-0.2, 0) is 16.0 Å². The summed E-state index contributed by atoms with van der Waals surface area (Å²) in [6.07, 6.45) is -4.95. The van der Waals surface area contributed by atoms with Crippen LogP contribution in [0.5, 0.6) is 11.5 Å². The number of halogens is 4. The van der Waals surface area contributed by atoms with E-state index in [1.54, 1.807) is 6.07 Å². The van der Waals surface area contributed by atoms with E-state index < -0.39 is 18.1 Å². The quantitative estimate of drug-likeness (QED) is 0.502. The van der Waals surface area contributed by atoms with Gasteiger partial charge in [-0.1, -0.05) is 18.2 Å². The van der Waals surface area contributed by atoms with Crippen LogP contribution in [0.25, 0.3) is 0 Å². The molecule has 0 bridgehead atoms. The lowest BCUT2D eigenvalue weighted by molar-refractivity contribution is -0.274. The van der Waals surface area contributed by atoms with Crippen LogP contribution < -0.4 is 14.8 Å². The van der Waals surface area contributed by atoms with Crippen molar-refractivity contribution in [3.8, 4) is 11.5 Å². The summed E-state index contributed by atoms with van der Waals surface area (Å²) in [6, 6.07) is 9.22. The Morgan fingerprint density at radius 3 is 2.54 bits per heavy atom. The van der Waals surface area contributed by atoms with Crippen molar-refractivity contribution >= 4 is 11.6 Å². The molecule has 9 heteroatoms. The average Bonchev–Trinajstić information content (AvgIpc) is 2.62. The number of aryl methyl sites for hydroxylation is 1. The Kier molecular flexibility index (Phi) is 7.62. The van der Waals surface area contributed by atoms with Gasteiger partial charge in [0.15, 0.2) is 0 Å². The number of methoxy groups -OCH3 is 1. The third-order valence-corrected chi connectivity index (χ3v) is 3.58. The highest BCUT2D eigenvalue weighted by molar-refractivity contribution is 5.92. The molecule has 0 aliphatic carbocycles. The van der Waals surface area contributed by atoms with Crippen molar-refractivity contribution in [2.75, 3.05) is 25.6 Å². The van der Waals surface area contributed by atoms with Crippen LogP contribution in [0.15, 0.2) is 42.5 Å². The lowest BCUT2D eigenvalue weighted by Crippen LogP contribution is -2.19. The molecule has 1 N–H and O–H groups in total. The van der Waals surface area contributed by atoms with Crippen molar-refractivity contribution in [1.82, 2.24) is 0 Å². The second-order valence-corrected chi connectivity index (χ2v) is 5.69. The normalized spacial score (nSPS) is 11.2. The third kappa shape index (κ3) is 7.07. The fraction of sp³-hybridized carbons (Fsp3) is 0.316. The summed E-state index contributed by atoms with van der Waals surface area (Å²) in [5.41, 5.74) is 0.353. The molecule has 152 valence electrons. The maximum atomic E-state index is 13.5. The highest BCUT2D eigenvalue weighted by atomic mass is 19.4. The molecule has 0 spiro atoms. The molecule has 2 rings (SSSR count). The van der Waals surface area contributed by atoms with E-state index in [1.807, 2.05) is 0 Å². The molecule has 0 radical (unpaired) electrons. The summed E-state index contributed by atoms with van der Waals surface area (Å²) >= 11 is 0. The van der Waals surface area contributed by atoms with E-state index in [4.69, 9.17) is 9.47 Å². The first kappa shape index (κ1) is 21.5. The van der Waals surface area contributed by atoms with Crippen LogP contribution in [0.1, 0.15) is 12.0 Å². The van der Waals surface area contributed by atoms with Gasteiger partial charge in [-0.25, -0.2) is 4.39 Å². The number of carbonyl (C=O) groups excluding carboxylic acids is 1. The summed E-state index contributed by atoms with van der Waals surface area (Å²) in [4.78, 5) is 12.2. The molecule has 28 heavy (non-hydrogen) atoms. The van der Waals surface area contributed by atoms with Crippen LogP contribution in [0.2, 0.25) is 0 Å². The molecule has 0 heterocycles. The number of nitrogens with one attached hydrogen (secondary N) is 1. The predicted octanol–water partition coefficient (Wildman–Crippen LogP) is 4.32. The van der Waals surface area contributed by atoms with E-state index >= 15 is 0 Å². The van der Waals surface area contributed by atoms with Gasteiger partial charge in [0.25, 0.3) is 0 Å². The first-order chi connectivity index (χ1) is 13.3. The number of amides is 1. The van der Waals surface area contributed by atoms with E-state index in [2.05, 4.69) is 10.1 Å². The van der Waals surface area contributed by atoms with Crippen LogP contribution >= 0.6 is 0 Å². The minimum absolute atomic E-state index is 0.00721. The Balaban J connectivity index is 2.01. The van der Waals surface area contributed by atoms with E-state index in [1.165, 1.54) is 37.4 Å². The number of carbonyl (C=O) groups is 1. The predicted molar refractivity (Wildman–Crippen MR) is 93.8 cm³/mol. The fourth-order valence-electron chi connectivity index (χ4n) is 2.36. The van der Waals surface area contributed by atoms with Gasteiger partial charge in [0, 0.05) is 19.6 Å². The number of rotatable bonds is 9. The van der Waals surface area contributed by atoms with Crippen molar-refractivity contribution < 1.29 is 36.6 Å². The Morgan fingerprint density at radius 1 is 1.07 bits per heavy atom. The lowest BCUT2D eigenvalue weighted by atomic mass is 10.1. The van der Waals surface area contributed by atoms with Gasteiger partial charge in [-0.2, -0.15) is 0 Å². The molecule has 0 aromatic heterocycles. The van der Waals surface area contributed by atoms with Crippen molar-refractivity contribution in [3.05, 3.63) is 53.8 Å². The summed E-state index contributed by atoms with van der Waals surface area (Å²) in [5, 5.41) is 2.51. The molecule has 0 atom stereocenters. The molecule has 1 amide bonds. The van der Waals surface area contributed by atoms with Gasteiger partial charge in [-0.15, -0.1) is 13.2 Å². The summed E-state index contributed by atoms with van der Waals surface area (Å²) in [5.74, 6) is -1.19. The molecule has 0 saturated heterocycles. The number of benzene rings is 2. The molecule has 0 unspecified atom stereocenters. The summed E-state index contributed by atoms with van der Waals surface area (Å²) < 4.78 is 65.1. The Morgan fingerprint density at radius 2 is 1.82 bits per heavy atom. The molecule has 0 aliphatic heterocycles. The third-order valence-electron chi connectivity index (χ3n) is 3.58. The zero-order valence-electron chi connectivity index (χ0n) is 15.0. The van der Waals surface area contributed by atoms with Gasteiger partial charge in [-0.05, 0) is 30.2 Å². The first-order valence-corrected chi connectivity index (χ1v) is 8.33. The van der Waals surface area contributed by atoms with Gasteiger partial charge in [0.1, 0.15) is 23.9 Å². The summed E-state index contributed by atoms with van der Waals surface area (Å²) in [6.45, 7) is 0.508. The summed E-state index contributed by atoms with van der Waals surface area (Å²) in [7, 11) is 1.50. The molecule has 0 aliphatic rings. The van der Waals surface area contributed by atoms with Crippen LogP contribution in [0.3, 0.4) is 0 Å². The molecule has 2 aromatic rings. The van der Waals surface area contributed by atoms with E-state index in [0.29, 0.717) is 6.61 Å². The molecule has 0 saturated carbocycles. The SMILES string of the molecule is COCCOc1ccc(F)cc1NC(=O)CCc1ccccc1OC(F)(F)F. The fourth-order valence-corrected chi connectivity index (χ4v) is 2.36. The van der Waals surface area contributed by atoms with Gasteiger partial charge in [0.05, 0.1) is 12.3 Å². The molecule has 5 nitrogen and oxygen atoms in total. The van der Waals surface area contributed by atoms with Crippen LogP contribution in [-0.4, -0.2) is 32.6 Å². The largest absolute Gasteiger partial charge is 0.573 e. The van der Waals surface area contributed by atoms with Gasteiger partial charge < -0.3 is 19.5 Å². The van der Waals surface area contributed by atoms with Crippen LogP contribution in [0.4, 0.5) is 23.2 Å². The van der Waals surface area contributed by atoms with Crippen molar-refractivity contribution in [3.63, 3.8) is 0 Å². The monoisotopic (exact) mass is 401 g/mol. The van der Waals surface area contributed by atoms with E-state index in [9.17, 15) is 22.4 Å². The van der Waals surface area contributed by atoms with Gasteiger partial charge in [-0.3, -0.25) is 4.79 Å². The zero-order chi connectivity index (χ0) is 20.6. The molecular weight excluding hydrogens is 382 g/mol. The molecular formula is C19H19F4NO4. The number of ether oxygens (including phenoxy) is 3. The number of anilines is 1. The van der Waals surface area contributed by atoms with Crippen molar-refractivity contribution in [2.45, 2.75) is 19.2 Å². The Bertz CT molecular complexity index is 796. The molecule has 0 fully saturated rings. The topological polar surface area (TPSA) is 56.8 Å². The second kappa shape index (κ2) is 9.93. The highest BCUT2D eigenvalue weighted by Crippen LogP contribution is 2.28. The first-order valence-electron chi connectivity index (χ1n) is 8.33. The number of para-hydroxylation sites is 1. The second-order valence-electron chi connectivity index (χ2n) is 5.69. The number of alkyl halides is 3. The van der Waals surface area contributed by atoms with Crippen molar-refractivity contribution in [2.24, 2.45) is 0 Å². The minimum atomic E-state index is -4.83. The van der Waals surface area contributed by atoms with Gasteiger partial charge in [0.2, 0.25) is 5.91 Å². The zero-order valence-corrected chi connectivity index (χ0v) is 15.0. The molecule has 2 aromatic carbocycles. The van der Waals surface area contributed by atoms with E-state index in [-0.39, 0.29) is 42.2 Å².